The number of halogens is 3. The van der Waals surface area contributed by atoms with Gasteiger partial charge >= 0.3 is 18.2 Å². The quantitative estimate of drug-likeness (QED) is 0.746. The monoisotopic (exact) mass is 436 g/mol. The molecule has 3 rings (SSSR count). The van der Waals surface area contributed by atoms with E-state index in [0.717, 1.165) is 50.4 Å². The molecule has 0 saturated carbocycles. The third-order valence-electron chi connectivity index (χ3n) is 4.93. The number of ether oxygens (including phenoxy) is 1. The molecule has 2 N–H and O–H groups in total. The van der Waals surface area contributed by atoms with Crippen LogP contribution in [0.5, 0.6) is 0 Å². The number of nitrogens with zero attached hydrogens (tertiary/aromatic N) is 3. The van der Waals surface area contributed by atoms with Gasteiger partial charge in [-0.1, -0.05) is 5.16 Å². The molecule has 1 aromatic rings. The molecule has 2 atom stereocenters. The second-order valence-corrected chi connectivity index (χ2v) is 7.76. The van der Waals surface area contributed by atoms with Crippen molar-refractivity contribution in [3.63, 3.8) is 0 Å². The summed E-state index contributed by atoms with van der Waals surface area (Å²) in [4.78, 5) is 24.7. The molecule has 0 bridgehead atoms. The molecule has 2 saturated heterocycles. The minimum atomic E-state index is -5.08. The van der Waals surface area contributed by atoms with Crippen molar-refractivity contribution in [1.82, 2.24) is 20.3 Å². The van der Waals surface area contributed by atoms with E-state index in [4.69, 9.17) is 19.2 Å². The Labute approximate surface area is 172 Å². The third-order valence-corrected chi connectivity index (χ3v) is 4.93. The standard InChI is InChI=1S/C16H26N4O3.C2HF3O2/c1-12-8-14(18-23-12)10-20-6-5-16(11-20)9-13(4-7-22-16)17-15(21)19(2)3;3-2(4,5)1(6)7/h8,13H,4-7,9-11H2,1-3H3,(H,17,21);(H,6,7)/t13-,16-;/m1./s1. The van der Waals surface area contributed by atoms with Crippen molar-refractivity contribution in [1.29, 1.82) is 0 Å². The number of nitrogens with one attached hydrogen (secondary N) is 1. The summed E-state index contributed by atoms with van der Waals surface area (Å²) in [6.07, 6.45) is -2.33. The molecule has 2 amide bonds. The van der Waals surface area contributed by atoms with E-state index in [9.17, 15) is 18.0 Å². The van der Waals surface area contributed by atoms with Gasteiger partial charge in [-0.3, -0.25) is 4.90 Å². The number of carboxylic acid groups (broad SMARTS) is 1. The highest BCUT2D eigenvalue weighted by molar-refractivity contribution is 5.74. The lowest BCUT2D eigenvalue weighted by Gasteiger charge is -2.38. The van der Waals surface area contributed by atoms with Gasteiger partial charge in [-0.05, 0) is 26.2 Å². The van der Waals surface area contributed by atoms with Gasteiger partial charge in [0.25, 0.3) is 0 Å². The molecule has 170 valence electrons. The Kier molecular flexibility index (Phi) is 7.70. The summed E-state index contributed by atoms with van der Waals surface area (Å²) in [6.45, 7) is 5.27. The number of alkyl halides is 3. The van der Waals surface area contributed by atoms with Crippen LogP contribution in [0.3, 0.4) is 0 Å². The molecule has 0 aliphatic carbocycles. The number of likely N-dealkylation sites (tertiary alicyclic amines) is 1. The summed E-state index contributed by atoms with van der Waals surface area (Å²) in [6, 6.07) is 2.14. The smallest absolute Gasteiger partial charge is 0.475 e. The van der Waals surface area contributed by atoms with Gasteiger partial charge in [0.15, 0.2) is 0 Å². The first kappa shape index (κ1) is 23.9. The van der Waals surface area contributed by atoms with Crippen LogP contribution < -0.4 is 5.32 Å². The van der Waals surface area contributed by atoms with Gasteiger partial charge in [-0.25, -0.2) is 9.59 Å². The number of aliphatic carboxylic acids is 1. The molecule has 0 radical (unpaired) electrons. The minimum absolute atomic E-state index is 0.0278. The molecular weight excluding hydrogens is 409 g/mol. The molecule has 12 heteroatoms. The number of aryl methyl sites for hydroxylation is 1. The summed E-state index contributed by atoms with van der Waals surface area (Å²) >= 11 is 0. The predicted molar refractivity (Wildman–Crippen MR) is 98.7 cm³/mol. The Balaban J connectivity index is 0.000000396. The number of amides is 2. The van der Waals surface area contributed by atoms with Crippen molar-refractivity contribution in [2.45, 2.75) is 50.6 Å². The van der Waals surface area contributed by atoms with Crippen LogP contribution in [0.2, 0.25) is 0 Å². The van der Waals surface area contributed by atoms with E-state index < -0.39 is 12.1 Å². The molecule has 1 aromatic heterocycles. The number of carboxylic acids is 1. The fourth-order valence-electron chi connectivity index (χ4n) is 3.52. The van der Waals surface area contributed by atoms with Crippen LogP contribution in [-0.4, -0.2) is 83.7 Å². The Hall–Kier alpha value is -2.34. The Bertz CT molecular complexity index is 740. The van der Waals surface area contributed by atoms with Gasteiger partial charge in [0.05, 0.1) is 11.3 Å². The van der Waals surface area contributed by atoms with Gasteiger partial charge in [-0.2, -0.15) is 13.2 Å². The van der Waals surface area contributed by atoms with Crippen molar-refractivity contribution in [2.24, 2.45) is 0 Å². The molecule has 3 heterocycles. The summed E-state index contributed by atoms with van der Waals surface area (Å²) in [5.74, 6) is -1.92. The number of rotatable bonds is 3. The maximum absolute atomic E-state index is 11.9. The molecule has 2 fully saturated rings. The third kappa shape index (κ3) is 6.87. The summed E-state index contributed by atoms with van der Waals surface area (Å²) < 4.78 is 43.0. The predicted octanol–water partition coefficient (Wildman–Crippen LogP) is 2.01. The fourth-order valence-corrected chi connectivity index (χ4v) is 3.52. The van der Waals surface area contributed by atoms with Gasteiger partial charge in [0.1, 0.15) is 5.76 Å². The molecule has 0 unspecified atom stereocenters. The molecule has 2 aliphatic heterocycles. The van der Waals surface area contributed by atoms with Gasteiger partial charge in [0.2, 0.25) is 0 Å². The number of hydrogen-bond donors (Lipinski definition) is 2. The molecule has 30 heavy (non-hydrogen) atoms. The van der Waals surface area contributed by atoms with Crippen LogP contribution in [0.4, 0.5) is 18.0 Å². The first-order valence-corrected chi connectivity index (χ1v) is 9.47. The topological polar surface area (TPSA) is 108 Å². The molecule has 2 aliphatic rings. The highest BCUT2D eigenvalue weighted by Gasteiger charge is 2.43. The average Bonchev–Trinajstić information content (AvgIpc) is 3.21. The number of carbonyl (C=O) groups excluding carboxylic acids is 1. The van der Waals surface area contributed by atoms with E-state index in [-0.39, 0.29) is 17.7 Å². The van der Waals surface area contributed by atoms with Crippen LogP contribution in [0.25, 0.3) is 0 Å². The minimum Gasteiger partial charge on any atom is -0.475 e. The van der Waals surface area contributed by atoms with Crippen molar-refractivity contribution < 1.29 is 37.1 Å². The zero-order valence-electron chi connectivity index (χ0n) is 17.2. The lowest BCUT2D eigenvalue weighted by atomic mass is 9.89. The van der Waals surface area contributed by atoms with Gasteiger partial charge in [0, 0.05) is 52.4 Å². The second kappa shape index (κ2) is 9.65. The zero-order valence-corrected chi connectivity index (χ0v) is 17.2. The largest absolute Gasteiger partial charge is 0.490 e. The average molecular weight is 436 g/mol. The summed E-state index contributed by atoms with van der Waals surface area (Å²) in [5.41, 5.74) is 0.828. The Morgan fingerprint density at radius 2 is 2.10 bits per heavy atom. The number of carbonyl (C=O) groups is 2. The summed E-state index contributed by atoms with van der Waals surface area (Å²) in [5, 5.41) is 14.3. The zero-order chi connectivity index (χ0) is 22.5. The first-order chi connectivity index (χ1) is 13.9. The van der Waals surface area contributed by atoms with Crippen LogP contribution in [0.15, 0.2) is 10.6 Å². The lowest BCUT2D eigenvalue weighted by Crippen LogP contribution is -2.51. The van der Waals surface area contributed by atoms with Crippen molar-refractivity contribution in [3.8, 4) is 0 Å². The maximum Gasteiger partial charge on any atom is 0.490 e. The SMILES string of the molecule is Cc1cc(CN2CC[C@@]3(C[C@H](NC(=O)N(C)C)CCO3)C2)no1.O=C(O)C(F)(F)F. The van der Waals surface area contributed by atoms with Crippen LogP contribution in [-0.2, 0) is 16.1 Å². The fraction of sp³-hybridized carbons (Fsp3) is 0.722. The summed E-state index contributed by atoms with van der Waals surface area (Å²) in [7, 11) is 3.53. The molecule has 0 aromatic carbocycles. The van der Waals surface area contributed by atoms with Crippen molar-refractivity contribution in [2.75, 3.05) is 33.8 Å². The maximum atomic E-state index is 11.9. The normalized spacial score (nSPS) is 24.3. The van der Waals surface area contributed by atoms with Gasteiger partial charge in [-0.15, -0.1) is 0 Å². The molecular formula is C18H27F3N4O5. The van der Waals surface area contributed by atoms with E-state index in [1.807, 2.05) is 13.0 Å². The van der Waals surface area contributed by atoms with Crippen LogP contribution in [0, 0.1) is 6.92 Å². The van der Waals surface area contributed by atoms with E-state index in [1.54, 1.807) is 19.0 Å². The van der Waals surface area contributed by atoms with Crippen molar-refractivity contribution >= 4 is 12.0 Å². The number of aromatic nitrogens is 1. The molecule has 9 nitrogen and oxygen atoms in total. The molecule has 1 spiro atoms. The van der Waals surface area contributed by atoms with E-state index in [0.29, 0.717) is 6.61 Å². The Morgan fingerprint density at radius 1 is 1.43 bits per heavy atom. The van der Waals surface area contributed by atoms with Crippen LogP contribution >= 0.6 is 0 Å². The van der Waals surface area contributed by atoms with Crippen molar-refractivity contribution in [3.05, 3.63) is 17.5 Å². The van der Waals surface area contributed by atoms with Crippen LogP contribution in [0.1, 0.15) is 30.7 Å². The van der Waals surface area contributed by atoms with E-state index in [1.165, 1.54) is 0 Å². The number of urea groups is 1. The number of hydrogen-bond acceptors (Lipinski definition) is 6. The van der Waals surface area contributed by atoms with E-state index in [2.05, 4.69) is 15.4 Å². The van der Waals surface area contributed by atoms with E-state index >= 15 is 0 Å². The lowest BCUT2D eigenvalue weighted by molar-refractivity contribution is -0.192. The van der Waals surface area contributed by atoms with Gasteiger partial charge < -0.3 is 24.6 Å². The highest BCUT2D eigenvalue weighted by atomic mass is 19.4. The Morgan fingerprint density at radius 3 is 2.63 bits per heavy atom. The second-order valence-electron chi connectivity index (χ2n) is 7.76. The first-order valence-electron chi connectivity index (χ1n) is 9.47. The highest BCUT2D eigenvalue weighted by Crippen LogP contribution is 2.34.